The third-order valence-corrected chi connectivity index (χ3v) is 22.4. The van der Waals surface area contributed by atoms with Crippen molar-refractivity contribution in [2.24, 2.45) is 0 Å². The molecule has 9 aromatic carbocycles. The van der Waals surface area contributed by atoms with Gasteiger partial charge >= 0.3 is 0 Å². The van der Waals surface area contributed by atoms with E-state index in [1.54, 1.807) is 0 Å². The molecule has 9 aromatic rings. The largest absolute Gasteiger partial charge is 0.507 e. The van der Waals surface area contributed by atoms with Gasteiger partial charge in [0, 0.05) is 51.4 Å². The molecule has 4 N–H and O–H groups in total. The van der Waals surface area contributed by atoms with Crippen molar-refractivity contribution in [3.8, 4) is 46.0 Å². The zero-order valence-corrected chi connectivity index (χ0v) is 68.5. The molecule has 0 saturated heterocycles. The van der Waals surface area contributed by atoms with Gasteiger partial charge in [0.15, 0.2) is 0 Å². The number of phenolic OH excluding ortho intramolecular Hbond substituents is 4. The molecule has 4 aliphatic rings. The summed E-state index contributed by atoms with van der Waals surface area (Å²) < 4.78 is 30.1. The maximum absolute atomic E-state index is 13.5. The van der Waals surface area contributed by atoms with Crippen LogP contribution in [0.25, 0.3) is 0 Å². The highest BCUT2D eigenvalue weighted by atomic mass is 16.5. The van der Waals surface area contributed by atoms with Crippen LogP contribution in [0.15, 0.2) is 121 Å². The highest BCUT2D eigenvalue weighted by Gasteiger charge is 2.33. The number of rotatable bonds is 0. The predicted molar refractivity (Wildman–Crippen MR) is 436 cm³/mol. The number of hydrogen-bond acceptors (Lipinski definition) is 8. The molecule has 0 aliphatic carbocycles. The standard InChI is InChI=1S/C98H120O8/c1-91(2,3)75-39-59-31-67-47-79(95(13,14)15)48-68-32-60-40-76(92(4,5)6)45-65(84(60)100)37-73-53-82(98(22,23)24)54-74-38-66-46-78(94(10,11)12)42-62(86(66)102)34-70-50-80(96(16,17)18)49-69(88(70)104-29-28-103-87(67)68)33-61-41-77(93(7,8)9)44-64(85(61)101)36-72-52-81(97(19,20)21)51-71(35-63(43-75)83(59)99)89(72)105-55-57-26-25-27-58(30-57)56-106-90(73)74/h25-27,30,39-54,99-102H,28-29,31-38,55-56H2,1-24H3. The number of hydrogen-bond donors (Lipinski definition) is 4. The molecule has 0 fully saturated rings. The van der Waals surface area contributed by atoms with E-state index in [9.17, 15) is 20.4 Å². The summed E-state index contributed by atoms with van der Waals surface area (Å²) in [4.78, 5) is 0. The van der Waals surface area contributed by atoms with Gasteiger partial charge in [-0.1, -0.05) is 281 Å². The topological polar surface area (TPSA) is 118 Å². The first-order valence-corrected chi connectivity index (χ1v) is 38.8. The Kier molecular flexibility index (Phi) is 20.2. The molecule has 0 amide bonds. The molecule has 0 unspecified atom stereocenters. The summed E-state index contributed by atoms with van der Waals surface area (Å²) in [6, 6.07) is 44.3. The van der Waals surface area contributed by atoms with Crippen molar-refractivity contribution in [1.82, 2.24) is 0 Å². The van der Waals surface area contributed by atoms with Crippen molar-refractivity contribution >= 4 is 0 Å². The molecule has 4 heterocycles. The highest BCUT2D eigenvalue weighted by Crippen LogP contribution is 2.48. The summed E-state index contributed by atoms with van der Waals surface area (Å²) in [6.07, 6.45) is 2.66. The number of phenols is 4. The zero-order chi connectivity index (χ0) is 77.1. The summed E-state index contributed by atoms with van der Waals surface area (Å²) in [5.41, 5.74) is 21.5. The molecule has 0 saturated carbocycles. The SMILES string of the molecule is CC(C)(C)c1cc2c(O)c(c1)Cc1cc(C(C)(C)C)cc3c1OCc1cccc(c1)COc1c4cc(C(C)(C)C)cc1Cc1cc(C(C)(C)C)cc(c1O)Cc1cc(C(C)(C)C)cc(c1OCCOc1c(cc(C(C)(C)C)cc1Cc1cc(C(C)(C)C)cc(c1O)C4)C2)Cc1cc(C(C)(C)C)cc(c1O)C3. The van der Waals surface area contributed by atoms with Gasteiger partial charge in [-0.3, -0.25) is 0 Å². The maximum atomic E-state index is 13.5. The summed E-state index contributed by atoms with van der Waals surface area (Å²) in [7, 11) is 0. The third kappa shape index (κ3) is 16.6. The van der Waals surface area contributed by atoms with Gasteiger partial charge in [0.05, 0.1) is 0 Å². The molecule has 22 bridgehead atoms. The van der Waals surface area contributed by atoms with E-state index in [2.05, 4.69) is 287 Å². The van der Waals surface area contributed by atoms with Gasteiger partial charge in [-0.05, 0) is 194 Å². The first kappa shape index (κ1) is 77.0. The molecule has 560 valence electrons. The number of benzene rings is 9. The van der Waals surface area contributed by atoms with Crippen LogP contribution in [-0.4, -0.2) is 33.6 Å². The van der Waals surface area contributed by atoms with Crippen molar-refractivity contribution in [3.05, 3.63) is 266 Å². The number of fused-ring (bicyclic) bond motifs is 5. The molecule has 0 spiro atoms. The normalized spacial score (nSPS) is 15.0. The van der Waals surface area contributed by atoms with E-state index in [0.717, 1.165) is 145 Å². The summed E-state index contributed by atoms with van der Waals surface area (Å²) in [5, 5.41) is 54.0. The van der Waals surface area contributed by atoms with Gasteiger partial charge in [-0.15, -0.1) is 0 Å². The maximum Gasteiger partial charge on any atom is 0.126 e. The zero-order valence-electron chi connectivity index (χ0n) is 68.5. The lowest BCUT2D eigenvalue weighted by Crippen LogP contribution is -2.18. The van der Waals surface area contributed by atoms with Gasteiger partial charge < -0.3 is 39.4 Å². The molecule has 13 rings (SSSR count). The minimum atomic E-state index is -0.338. The second-order valence-corrected chi connectivity index (χ2v) is 39.6. The van der Waals surface area contributed by atoms with Crippen LogP contribution >= 0.6 is 0 Å². The lowest BCUT2D eigenvalue weighted by Gasteiger charge is -2.28. The predicted octanol–water partition coefficient (Wildman–Crippen LogP) is 23.2. The van der Waals surface area contributed by atoms with E-state index in [0.29, 0.717) is 74.4 Å². The van der Waals surface area contributed by atoms with Crippen LogP contribution in [0.2, 0.25) is 0 Å². The van der Waals surface area contributed by atoms with Crippen LogP contribution in [0.5, 0.6) is 46.0 Å². The van der Waals surface area contributed by atoms with Crippen molar-refractivity contribution in [3.63, 3.8) is 0 Å². The molecule has 106 heavy (non-hydrogen) atoms. The lowest BCUT2D eigenvalue weighted by molar-refractivity contribution is 0.212. The fourth-order valence-corrected chi connectivity index (χ4v) is 15.4. The van der Waals surface area contributed by atoms with E-state index in [1.807, 2.05) is 0 Å². The fourth-order valence-electron chi connectivity index (χ4n) is 15.4. The molecule has 8 nitrogen and oxygen atoms in total. The van der Waals surface area contributed by atoms with Crippen LogP contribution in [-0.2, 0) is 108 Å². The molecule has 4 aliphatic heterocycles. The average Bonchev–Trinajstić information content (AvgIpc) is 0.842. The van der Waals surface area contributed by atoms with Crippen LogP contribution in [0, 0.1) is 0 Å². The number of ether oxygens (including phenoxy) is 4. The Bertz CT molecular complexity index is 4340. The second kappa shape index (κ2) is 27.9. The van der Waals surface area contributed by atoms with E-state index in [1.165, 1.54) is 0 Å². The lowest BCUT2D eigenvalue weighted by atomic mass is 9.79. The Morgan fingerprint density at radius 1 is 0.208 bits per heavy atom. The van der Waals surface area contributed by atoms with Crippen LogP contribution < -0.4 is 18.9 Å². The Morgan fingerprint density at radius 2 is 0.358 bits per heavy atom. The molecule has 0 aromatic heterocycles. The molecular weight excluding hydrogens is 1310 g/mol. The van der Waals surface area contributed by atoms with Crippen molar-refractivity contribution in [1.29, 1.82) is 0 Å². The summed E-state index contributed by atoms with van der Waals surface area (Å²) in [5.74, 6) is 3.59. The van der Waals surface area contributed by atoms with Gasteiger partial charge in [0.2, 0.25) is 0 Å². The average molecular weight is 1430 g/mol. The molecule has 8 heteroatoms. The Hall–Kier alpha value is -8.62. The first-order valence-electron chi connectivity index (χ1n) is 38.8. The van der Waals surface area contributed by atoms with Crippen LogP contribution in [0.1, 0.15) is 311 Å². The minimum absolute atomic E-state index is 0.129. The summed E-state index contributed by atoms with van der Waals surface area (Å²) in [6.45, 7) is 54.5. The van der Waals surface area contributed by atoms with E-state index in [-0.39, 0.29) is 92.7 Å². The quantitative estimate of drug-likeness (QED) is 0.119. The van der Waals surface area contributed by atoms with E-state index in [4.69, 9.17) is 18.9 Å². The van der Waals surface area contributed by atoms with Crippen LogP contribution in [0.3, 0.4) is 0 Å². The van der Waals surface area contributed by atoms with E-state index < -0.39 is 0 Å². The van der Waals surface area contributed by atoms with Gasteiger partial charge in [0.1, 0.15) is 72.4 Å². The third-order valence-electron chi connectivity index (χ3n) is 22.4. The Morgan fingerprint density at radius 3 is 0.519 bits per heavy atom. The molecular formula is C98H120O8. The Labute approximate surface area is 635 Å². The summed E-state index contributed by atoms with van der Waals surface area (Å²) >= 11 is 0. The van der Waals surface area contributed by atoms with Crippen molar-refractivity contribution in [2.75, 3.05) is 13.2 Å². The van der Waals surface area contributed by atoms with E-state index >= 15 is 0 Å². The molecule has 0 atom stereocenters. The van der Waals surface area contributed by atoms with Crippen molar-refractivity contribution in [2.45, 2.75) is 274 Å². The highest BCUT2D eigenvalue weighted by molar-refractivity contribution is 5.63. The van der Waals surface area contributed by atoms with Crippen molar-refractivity contribution < 1.29 is 39.4 Å². The smallest absolute Gasteiger partial charge is 0.126 e. The monoisotopic (exact) mass is 1420 g/mol. The molecule has 0 radical (unpaired) electrons. The van der Waals surface area contributed by atoms with Gasteiger partial charge in [-0.2, -0.15) is 0 Å². The fraction of sp³-hybridized carbons (Fsp3) is 0.449. The minimum Gasteiger partial charge on any atom is -0.507 e. The van der Waals surface area contributed by atoms with Crippen LogP contribution in [0.4, 0.5) is 0 Å². The number of aromatic hydroxyl groups is 4. The second-order valence-electron chi connectivity index (χ2n) is 39.6. The Balaban J connectivity index is 1.28. The first-order chi connectivity index (χ1) is 49.1. The van der Waals surface area contributed by atoms with Gasteiger partial charge in [-0.25, -0.2) is 0 Å². The van der Waals surface area contributed by atoms with Gasteiger partial charge in [0.25, 0.3) is 0 Å².